The quantitative estimate of drug-likeness (QED) is 0.501. The first-order chi connectivity index (χ1) is 16.0. The Morgan fingerprint density at radius 1 is 1.24 bits per heavy atom. The van der Waals surface area contributed by atoms with Crippen molar-refractivity contribution < 1.29 is 24.4 Å². The van der Waals surface area contributed by atoms with E-state index in [-0.39, 0.29) is 30.4 Å². The van der Waals surface area contributed by atoms with Crippen molar-refractivity contribution in [1.82, 2.24) is 10.2 Å². The topological polar surface area (TPSA) is 123 Å². The van der Waals surface area contributed by atoms with Crippen LogP contribution in [0.15, 0.2) is 24.3 Å². The fourth-order valence-corrected chi connectivity index (χ4v) is 4.22. The summed E-state index contributed by atoms with van der Waals surface area (Å²) in [6.07, 6.45) is 3.33. The van der Waals surface area contributed by atoms with Crippen LogP contribution in [0, 0.1) is 29.6 Å². The zero-order chi connectivity index (χ0) is 25.3. The van der Waals surface area contributed by atoms with Gasteiger partial charge < -0.3 is 25.0 Å². The van der Waals surface area contributed by atoms with Gasteiger partial charge in [-0.2, -0.15) is 5.26 Å². The van der Waals surface area contributed by atoms with E-state index in [0.717, 1.165) is 30.4 Å². The van der Waals surface area contributed by atoms with Crippen molar-refractivity contribution in [2.24, 2.45) is 11.3 Å². The van der Waals surface area contributed by atoms with E-state index < -0.39 is 25.1 Å². The monoisotopic (exact) mass is 471 g/mol. The van der Waals surface area contributed by atoms with Gasteiger partial charge in [0.25, 0.3) is 0 Å². The molecule has 1 fully saturated rings. The summed E-state index contributed by atoms with van der Waals surface area (Å²) in [5, 5.41) is 31.6. The summed E-state index contributed by atoms with van der Waals surface area (Å²) in [5.74, 6) is -1.88. The SMILES string of the molecule is Cc1ccc(C[C@H](NC(=O)OC[C@H]2CCCCCN2C(=O)C(C#N)CC(C)(C)C)B(O)O)cc1. The molecular weight excluding hydrogens is 433 g/mol. The molecule has 34 heavy (non-hydrogen) atoms. The Morgan fingerprint density at radius 2 is 1.91 bits per heavy atom. The van der Waals surface area contributed by atoms with Gasteiger partial charge in [0.2, 0.25) is 5.91 Å². The maximum atomic E-state index is 13.2. The van der Waals surface area contributed by atoms with Crippen LogP contribution < -0.4 is 5.32 Å². The number of hydrogen-bond donors (Lipinski definition) is 3. The van der Waals surface area contributed by atoms with Crippen LogP contribution in [0.4, 0.5) is 4.79 Å². The molecule has 0 spiro atoms. The minimum absolute atomic E-state index is 0.00991. The molecule has 3 atom stereocenters. The third-order valence-electron chi connectivity index (χ3n) is 6.08. The number of ether oxygens (including phenoxy) is 1. The average Bonchev–Trinajstić information content (AvgIpc) is 3.01. The molecule has 1 unspecified atom stereocenters. The number of nitrogens with zero attached hydrogens (tertiary/aromatic N) is 2. The van der Waals surface area contributed by atoms with Gasteiger partial charge in [-0.05, 0) is 43.6 Å². The number of nitriles is 1. The van der Waals surface area contributed by atoms with E-state index in [1.807, 2.05) is 52.0 Å². The van der Waals surface area contributed by atoms with Gasteiger partial charge in [0.05, 0.1) is 18.1 Å². The number of alkyl carbamates (subject to hydrolysis) is 1. The molecule has 1 saturated heterocycles. The van der Waals surface area contributed by atoms with E-state index in [0.29, 0.717) is 19.4 Å². The predicted molar refractivity (Wildman–Crippen MR) is 130 cm³/mol. The first kappa shape index (κ1) is 27.7. The highest BCUT2D eigenvalue weighted by Crippen LogP contribution is 2.27. The zero-order valence-electron chi connectivity index (χ0n) is 20.8. The van der Waals surface area contributed by atoms with Crippen LogP contribution in [-0.2, 0) is 16.0 Å². The molecule has 2 amide bonds. The van der Waals surface area contributed by atoms with Crippen molar-refractivity contribution in [3.63, 3.8) is 0 Å². The van der Waals surface area contributed by atoms with Crippen molar-refractivity contribution >= 4 is 19.1 Å². The fraction of sp³-hybridized carbons (Fsp3) is 0.640. The number of nitrogens with one attached hydrogen (secondary N) is 1. The van der Waals surface area contributed by atoms with Crippen LogP contribution >= 0.6 is 0 Å². The molecule has 1 heterocycles. The van der Waals surface area contributed by atoms with Gasteiger partial charge in [-0.25, -0.2) is 4.79 Å². The molecule has 9 heteroatoms. The number of rotatable bonds is 8. The lowest BCUT2D eigenvalue weighted by Gasteiger charge is -2.32. The smallest absolute Gasteiger partial charge is 0.447 e. The molecule has 1 aliphatic heterocycles. The van der Waals surface area contributed by atoms with Gasteiger partial charge >= 0.3 is 13.2 Å². The Balaban J connectivity index is 2.00. The molecule has 1 aromatic rings. The Kier molecular flexibility index (Phi) is 10.4. The molecule has 0 aliphatic carbocycles. The molecule has 0 bridgehead atoms. The predicted octanol–water partition coefficient (Wildman–Crippen LogP) is 2.99. The maximum absolute atomic E-state index is 13.2. The highest BCUT2D eigenvalue weighted by molar-refractivity contribution is 6.43. The van der Waals surface area contributed by atoms with Gasteiger partial charge in [0.1, 0.15) is 12.5 Å². The zero-order valence-corrected chi connectivity index (χ0v) is 20.8. The van der Waals surface area contributed by atoms with Crippen molar-refractivity contribution in [1.29, 1.82) is 5.26 Å². The van der Waals surface area contributed by atoms with Crippen LogP contribution in [0.2, 0.25) is 0 Å². The number of aryl methyl sites for hydroxylation is 1. The second-order valence-electron chi connectivity index (χ2n) is 10.4. The summed E-state index contributed by atoms with van der Waals surface area (Å²) in [6.45, 7) is 8.48. The maximum Gasteiger partial charge on any atom is 0.475 e. The third kappa shape index (κ3) is 9.00. The lowest BCUT2D eigenvalue weighted by Crippen LogP contribution is -2.50. The molecule has 1 aliphatic rings. The van der Waals surface area contributed by atoms with E-state index in [4.69, 9.17) is 4.74 Å². The van der Waals surface area contributed by atoms with Crippen molar-refractivity contribution in [2.75, 3.05) is 13.2 Å². The summed E-state index contributed by atoms with van der Waals surface area (Å²) < 4.78 is 5.42. The van der Waals surface area contributed by atoms with Gasteiger partial charge in [-0.3, -0.25) is 4.79 Å². The minimum atomic E-state index is -1.75. The molecule has 186 valence electrons. The lowest BCUT2D eigenvalue weighted by molar-refractivity contribution is -0.137. The largest absolute Gasteiger partial charge is 0.475 e. The molecular formula is C25H38BN3O5. The summed E-state index contributed by atoms with van der Waals surface area (Å²) in [7, 11) is -1.75. The van der Waals surface area contributed by atoms with Crippen LogP contribution in [0.3, 0.4) is 0 Å². The van der Waals surface area contributed by atoms with E-state index in [9.17, 15) is 24.9 Å². The summed E-state index contributed by atoms with van der Waals surface area (Å²) >= 11 is 0. The Bertz CT molecular complexity index is 848. The number of carbonyl (C=O) groups excluding carboxylic acids is 2. The highest BCUT2D eigenvalue weighted by Gasteiger charge is 2.34. The molecule has 1 aromatic carbocycles. The number of amides is 2. The summed E-state index contributed by atoms with van der Waals surface area (Å²) in [4.78, 5) is 27.4. The highest BCUT2D eigenvalue weighted by atomic mass is 16.5. The van der Waals surface area contributed by atoms with E-state index in [1.54, 1.807) is 4.90 Å². The summed E-state index contributed by atoms with van der Waals surface area (Å²) in [5.41, 5.74) is 1.78. The van der Waals surface area contributed by atoms with Crippen LogP contribution in [0.1, 0.15) is 64.0 Å². The number of carbonyl (C=O) groups is 2. The summed E-state index contributed by atoms with van der Waals surface area (Å²) in [6, 6.07) is 9.42. The van der Waals surface area contributed by atoms with Crippen LogP contribution in [0.5, 0.6) is 0 Å². The van der Waals surface area contributed by atoms with Crippen molar-refractivity contribution in [2.45, 2.75) is 78.2 Å². The Hall–Kier alpha value is -2.57. The van der Waals surface area contributed by atoms with Gasteiger partial charge in [0, 0.05) is 6.54 Å². The lowest BCUT2D eigenvalue weighted by atomic mass is 9.76. The van der Waals surface area contributed by atoms with E-state index in [1.165, 1.54) is 0 Å². The molecule has 0 radical (unpaired) electrons. The normalized spacial score (nSPS) is 18.3. The second kappa shape index (κ2) is 12.8. The number of likely N-dealkylation sites (tertiary alicyclic amines) is 1. The standard InChI is InChI=1S/C25H38BN3O5/c1-18-9-11-19(12-10-18)14-22(26(32)33)28-24(31)34-17-21-8-6-5-7-13-29(21)23(30)20(16-27)15-25(2,3)4/h9-12,20-22,32-33H,5-8,13-15,17H2,1-4H3,(H,28,31)/t20?,21-,22+/m1/s1. The van der Waals surface area contributed by atoms with E-state index >= 15 is 0 Å². The van der Waals surface area contributed by atoms with Crippen molar-refractivity contribution in [3.8, 4) is 6.07 Å². The molecule has 2 rings (SSSR count). The van der Waals surface area contributed by atoms with Crippen LogP contribution in [0.25, 0.3) is 0 Å². The number of hydrogen-bond acceptors (Lipinski definition) is 6. The molecule has 0 aromatic heterocycles. The van der Waals surface area contributed by atoms with Gasteiger partial charge in [0.15, 0.2) is 0 Å². The third-order valence-corrected chi connectivity index (χ3v) is 6.08. The van der Waals surface area contributed by atoms with E-state index in [2.05, 4.69) is 11.4 Å². The van der Waals surface area contributed by atoms with Crippen molar-refractivity contribution in [3.05, 3.63) is 35.4 Å². The Labute approximate surface area is 203 Å². The number of benzene rings is 1. The minimum Gasteiger partial charge on any atom is -0.447 e. The Morgan fingerprint density at radius 3 is 2.50 bits per heavy atom. The fourth-order valence-electron chi connectivity index (χ4n) is 4.22. The molecule has 8 nitrogen and oxygen atoms in total. The van der Waals surface area contributed by atoms with Crippen LogP contribution in [-0.4, -0.2) is 59.2 Å². The van der Waals surface area contributed by atoms with Gasteiger partial charge in [-0.1, -0.05) is 63.4 Å². The molecule has 3 N–H and O–H groups in total. The first-order valence-electron chi connectivity index (χ1n) is 12.0. The second-order valence-corrected chi connectivity index (χ2v) is 10.4. The van der Waals surface area contributed by atoms with Gasteiger partial charge in [-0.15, -0.1) is 0 Å². The first-order valence-corrected chi connectivity index (χ1v) is 12.0. The average molecular weight is 471 g/mol. The molecule has 0 saturated carbocycles.